The third-order valence-corrected chi connectivity index (χ3v) is 4.02. The number of ether oxygens (including phenoxy) is 2. The van der Waals surface area contributed by atoms with Gasteiger partial charge >= 0.3 is 5.97 Å². The molecule has 1 fully saturated rings. The second-order valence-corrected chi connectivity index (χ2v) is 6.18. The van der Waals surface area contributed by atoms with Gasteiger partial charge in [-0.05, 0) is 20.8 Å². The van der Waals surface area contributed by atoms with Crippen LogP contribution < -0.4 is 4.90 Å². The van der Waals surface area contributed by atoms with Gasteiger partial charge in [-0.2, -0.15) is 0 Å². The van der Waals surface area contributed by atoms with Crippen LogP contribution in [0.5, 0.6) is 0 Å². The molecule has 1 aromatic heterocycles. The van der Waals surface area contributed by atoms with Crippen LogP contribution in [0.15, 0.2) is 36.5 Å². The van der Waals surface area contributed by atoms with Crippen molar-refractivity contribution in [2.45, 2.75) is 33.0 Å². The van der Waals surface area contributed by atoms with Crippen LogP contribution in [-0.2, 0) is 9.47 Å². The molecule has 0 N–H and O–H groups in total. The van der Waals surface area contributed by atoms with E-state index in [1.165, 1.54) is 0 Å². The summed E-state index contributed by atoms with van der Waals surface area (Å²) in [6.07, 6.45) is 1.69. The molecule has 0 saturated carbocycles. The van der Waals surface area contributed by atoms with E-state index in [9.17, 15) is 4.79 Å². The smallest absolute Gasteiger partial charge is 0.343 e. The Morgan fingerprint density at radius 3 is 2.56 bits per heavy atom. The summed E-state index contributed by atoms with van der Waals surface area (Å²) < 4.78 is 11.0. The van der Waals surface area contributed by atoms with Crippen LogP contribution in [0.4, 0.5) is 5.82 Å². The van der Waals surface area contributed by atoms with Gasteiger partial charge in [0.25, 0.3) is 0 Å². The molecule has 25 heavy (non-hydrogen) atoms. The first-order valence-corrected chi connectivity index (χ1v) is 8.58. The molecule has 1 aliphatic heterocycles. The van der Waals surface area contributed by atoms with Crippen LogP contribution in [-0.4, -0.2) is 47.8 Å². The molecular formula is C19H23N3O3. The third kappa shape index (κ3) is 3.96. The highest BCUT2D eigenvalue weighted by molar-refractivity contribution is 5.94. The molecule has 132 valence electrons. The van der Waals surface area contributed by atoms with Crippen LogP contribution in [0.3, 0.4) is 0 Å². The Hall–Kier alpha value is -2.47. The maximum absolute atomic E-state index is 12.4. The Morgan fingerprint density at radius 1 is 1.24 bits per heavy atom. The normalized spacial score (nSPS) is 20.4. The number of benzene rings is 1. The van der Waals surface area contributed by atoms with Crippen LogP contribution in [0.25, 0.3) is 11.4 Å². The second-order valence-electron chi connectivity index (χ2n) is 6.18. The van der Waals surface area contributed by atoms with Crippen LogP contribution in [0.2, 0.25) is 0 Å². The molecule has 6 heteroatoms. The first-order chi connectivity index (χ1) is 12.1. The number of carbonyl (C=O) groups excluding carboxylic acids is 1. The van der Waals surface area contributed by atoms with Crippen LogP contribution >= 0.6 is 0 Å². The van der Waals surface area contributed by atoms with Crippen molar-refractivity contribution in [1.82, 2.24) is 9.97 Å². The molecule has 1 saturated heterocycles. The van der Waals surface area contributed by atoms with Crippen molar-refractivity contribution < 1.29 is 14.3 Å². The molecule has 0 bridgehead atoms. The molecule has 0 amide bonds. The number of hydrogen-bond donors (Lipinski definition) is 0. The molecule has 3 rings (SSSR count). The van der Waals surface area contributed by atoms with E-state index in [0.717, 1.165) is 5.56 Å². The number of morpholine rings is 1. The molecule has 0 radical (unpaired) electrons. The minimum atomic E-state index is -0.399. The van der Waals surface area contributed by atoms with Gasteiger partial charge in [0.15, 0.2) is 5.82 Å². The Bertz CT molecular complexity index is 726. The lowest BCUT2D eigenvalue weighted by molar-refractivity contribution is -0.00560. The van der Waals surface area contributed by atoms with E-state index in [-0.39, 0.29) is 12.2 Å². The fourth-order valence-corrected chi connectivity index (χ4v) is 3.04. The van der Waals surface area contributed by atoms with E-state index < -0.39 is 5.97 Å². The Labute approximate surface area is 147 Å². The van der Waals surface area contributed by atoms with Crippen molar-refractivity contribution in [3.63, 3.8) is 0 Å². The van der Waals surface area contributed by atoms with Crippen molar-refractivity contribution in [3.8, 4) is 11.4 Å². The lowest BCUT2D eigenvalue weighted by Gasteiger charge is -2.36. The zero-order chi connectivity index (χ0) is 17.8. The predicted molar refractivity (Wildman–Crippen MR) is 95.6 cm³/mol. The summed E-state index contributed by atoms with van der Waals surface area (Å²) in [6, 6.07) is 9.73. The van der Waals surface area contributed by atoms with Crippen molar-refractivity contribution >= 4 is 11.8 Å². The van der Waals surface area contributed by atoms with Gasteiger partial charge in [0.05, 0.1) is 18.8 Å². The average molecular weight is 341 g/mol. The fourth-order valence-electron chi connectivity index (χ4n) is 3.04. The second kappa shape index (κ2) is 7.61. The summed E-state index contributed by atoms with van der Waals surface area (Å²) in [5, 5.41) is 0. The predicted octanol–water partition coefficient (Wildman–Crippen LogP) is 2.93. The summed E-state index contributed by atoms with van der Waals surface area (Å²) in [6.45, 7) is 7.48. The van der Waals surface area contributed by atoms with Gasteiger partial charge in [0, 0.05) is 24.8 Å². The number of anilines is 1. The molecule has 6 nitrogen and oxygen atoms in total. The molecule has 2 aromatic rings. The van der Waals surface area contributed by atoms with Gasteiger partial charge in [0.2, 0.25) is 0 Å². The van der Waals surface area contributed by atoms with Gasteiger partial charge in [-0.3, -0.25) is 0 Å². The van der Waals surface area contributed by atoms with Gasteiger partial charge in [-0.25, -0.2) is 14.8 Å². The van der Waals surface area contributed by atoms with E-state index in [1.807, 2.05) is 44.2 Å². The zero-order valence-corrected chi connectivity index (χ0v) is 14.8. The number of hydrogen-bond acceptors (Lipinski definition) is 6. The topological polar surface area (TPSA) is 64.5 Å². The number of aromatic nitrogens is 2. The molecular weight excluding hydrogens is 318 g/mol. The van der Waals surface area contributed by atoms with Crippen LogP contribution in [0.1, 0.15) is 31.1 Å². The number of nitrogens with zero attached hydrogens (tertiary/aromatic N) is 3. The number of carbonyl (C=O) groups is 1. The highest BCUT2D eigenvalue weighted by Gasteiger charge is 2.28. The van der Waals surface area contributed by atoms with Crippen molar-refractivity contribution in [2.75, 3.05) is 24.6 Å². The first kappa shape index (κ1) is 17.4. The number of esters is 1. The quantitative estimate of drug-likeness (QED) is 0.797. The molecule has 0 unspecified atom stereocenters. The summed E-state index contributed by atoms with van der Waals surface area (Å²) in [5.74, 6) is 0.800. The Morgan fingerprint density at radius 2 is 1.92 bits per heavy atom. The van der Waals surface area contributed by atoms with Crippen molar-refractivity contribution in [3.05, 3.63) is 42.1 Å². The molecule has 1 aromatic carbocycles. The lowest BCUT2D eigenvalue weighted by Crippen LogP contribution is -2.46. The monoisotopic (exact) mass is 341 g/mol. The SMILES string of the molecule is CCOC(=O)c1cnc(-c2ccccc2)nc1N1C[C@H](C)O[C@@H](C)C1. The summed E-state index contributed by atoms with van der Waals surface area (Å²) >= 11 is 0. The third-order valence-electron chi connectivity index (χ3n) is 4.02. The molecule has 0 spiro atoms. The minimum Gasteiger partial charge on any atom is -0.462 e. The van der Waals surface area contributed by atoms with Gasteiger partial charge in [-0.1, -0.05) is 30.3 Å². The maximum Gasteiger partial charge on any atom is 0.343 e. The number of rotatable bonds is 4. The first-order valence-electron chi connectivity index (χ1n) is 8.58. The van der Waals surface area contributed by atoms with Crippen LogP contribution in [0, 0.1) is 0 Å². The average Bonchev–Trinajstić information content (AvgIpc) is 2.61. The van der Waals surface area contributed by atoms with E-state index >= 15 is 0 Å². The lowest BCUT2D eigenvalue weighted by atomic mass is 10.1. The van der Waals surface area contributed by atoms with E-state index in [2.05, 4.69) is 9.88 Å². The summed E-state index contributed by atoms with van der Waals surface area (Å²) in [7, 11) is 0. The molecule has 0 aliphatic carbocycles. The Balaban J connectivity index is 2.03. The molecule has 2 atom stereocenters. The Kier molecular flexibility index (Phi) is 5.28. The van der Waals surface area contributed by atoms with Gasteiger partial charge in [-0.15, -0.1) is 0 Å². The highest BCUT2D eigenvalue weighted by Crippen LogP contribution is 2.26. The maximum atomic E-state index is 12.4. The van der Waals surface area contributed by atoms with Crippen molar-refractivity contribution in [2.24, 2.45) is 0 Å². The molecule has 2 heterocycles. The minimum absolute atomic E-state index is 0.0638. The van der Waals surface area contributed by atoms with E-state index in [4.69, 9.17) is 14.5 Å². The van der Waals surface area contributed by atoms with E-state index in [1.54, 1.807) is 13.1 Å². The highest BCUT2D eigenvalue weighted by atomic mass is 16.5. The standard InChI is InChI=1S/C19H23N3O3/c1-4-24-19(23)16-10-20-17(15-8-6-5-7-9-15)21-18(16)22-11-13(2)25-14(3)12-22/h5-10,13-14H,4,11-12H2,1-3H3/t13-,14-/m0/s1. The van der Waals surface area contributed by atoms with Gasteiger partial charge < -0.3 is 14.4 Å². The van der Waals surface area contributed by atoms with Gasteiger partial charge in [0.1, 0.15) is 11.4 Å². The van der Waals surface area contributed by atoms with E-state index in [0.29, 0.717) is 36.9 Å². The molecule has 1 aliphatic rings. The summed E-state index contributed by atoms with van der Waals surface area (Å²) in [5.41, 5.74) is 1.30. The zero-order valence-electron chi connectivity index (χ0n) is 14.8. The summed E-state index contributed by atoms with van der Waals surface area (Å²) in [4.78, 5) is 23.5. The fraction of sp³-hybridized carbons (Fsp3) is 0.421. The van der Waals surface area contributed by atoms with Crippen molar-refractivity contribution in [1.29, 1.82) is 0 Å². The largest absolute Gasteiger partial charge is 0.462 e.